The van der Waals surface area contributed by atoms with Gasteiger partial charge in [0.2, 0.25) is 0 Å². The average molecular weight is 360 g/mol. The molecule has 0 saturated carbocycles. The first-order valence-electron chi connectivity index (χ1n) is 5.27. The van der Waals surface area contributed by atoms with Crippen molar-refractivity contribution in [3.63, 3.8) is 0 Å². The van der Waals surface area contributed by atoms with Crippen molar-refractivity contribution in [2.75, 3.05) is 0 Å². The van der Waals surface area contributed by atoms with Crippen molar-refractivity contribution in [2.24, 2.45) is 0 Å². The summed E-state index contributed by atoms with van der Waals surface area (Å²) in [6, 6.07) is 0. The Kier molecular flexibility index (Phi) is 13.8. The minimum Gasteiger partial charge on any atom is -0.389 e. The fourth-order valence-electron chi connectivity index (χ4n) is 0.312. The van der Waals surface area contributed by atoms with Gasteiger partial charge in [-0.3, -0.25) is 19.7 Å². The zero-order chi connectivity index (χ0) is 19.6. The lowest BCUT2D eigenvalue weighted by Gasteiger charge is -1.83. The molecule has 0 spiro atoms. The van der Waals surface area contributed by atoms with Gasteiger partial charge >= 0.3 is 25.4 Å². The fraction of sp³-hybridized carbons (Fsp3) is 0.0909. The zero-order valence-corrected chi connectivity index (χ0v) is 15.2. The maximum Gasteiger partial charge on any atom is 0.769 e. The van der Waals surface area contributed by atoms with Crippen molar-refractivity contribution in [1.29, 1.82) is 36.8 Å². The number of hydrogen-bond donors (Lipinski definition) is 0. The molecule has 24 heavy (non-hydrogen) atoms. The molecule has 10 nitrogen and oxygen atoms in total. The third-order valence-corrected chi connectivity index (χ3v) is 5.06. The summed E-state index contributed by atoms with van der Waals surface area (Å²) in [5.74, 6) is 0. The van der Waals surface area contributed by atoms with E-state index in [0.717, 1.165) is 0 Å². The van der Waals surface area contributed by atoms with Crippen LogP contribution in [0.4, 0.5) is 0 Å². The summed E-state index contributed by atoms with van der Waals surface area (Å²) in [7, 11) is -8.52. The maximum atomic E-state index is 8.16. The molecule has 0 saturated heterocycles. The van der Waals surface area contributed by atoms with Crippen LogP contribution in [0.3, 0.4) is 0 Å². The van der Waals surface area contributed by atoms with Crippen LogP contribution in [-0.2, 0) is 0 Å². The van der Waals surface area contributed by atoms with Gasteiger partial charge in [-0.05, 0) is 0 Å². The molecular weight excluding hydrogens is 356 g/mol. The largest absolute Gasteiger partial charge is 0.769 e. The number of hydrogen-bond acceptors (Lipinski definition) is 7. The first-order chi connectivity index (χ1) is 11.3. The van der Waals surface area contributed by atoms with Gasteiger partial charge < -0.3 is 13.5 Å². The highest BCUT2D eigenvalue weighted by Crippen LogP contribution is 1.98. The van der Waals surface area contributed by atoms with Crippen molar-refractivity contribution in [1.82, 2.24) is 0 Å². The van der Waals surface area contributed by atoms with Crippen molar-refractivity contribution >= 4 is 25.4 Å². The van der Waals surface area contributed by atoms with E-state index in [1.54, 1.807) is 22.8 Å². The number of nitriles is 7. The predicted molar refractivity (Wildman–Crippen MR) is 83.6 cm³/mol. The second kappa shape index (κ2) is 13.5. The highest BCUT2D eigenvalue weighted by atomic mass is 28.3. The molecule has 0 aromatic rings. The van der Waals surface area contributed by atoms with Crippen LogP contribution in [0.5, 0.6) is 0 Å². The molecule has 0 bridgehead atoms. The van der Waals surface area contributed by atoms with E-state index in [0.29, 0.717) is 0 Å². The molecule has 0 amide bonds. The van der Waals surface area contributed by atoms with Gasteiger partial charge in [-0.15, -0.1) is 0 Å². The first-order valence-corrected chi connectivity index (χ1v) is 11.3. The molecular formula is C11H4N10Si3. The molecule has 0 rings (SSSR count). The molecule has 0 fully saturated rings. The van der Waals surface area contributed by atoms with E-state index in [-0.39, 0.29) is 0 Å². The van der Waals surface area contributed by atoms with Crippen LogP contribution in [0.2, 0.25) is 6.55 Å². The normalized spacial score (nSPS) is 7.33. The quantitative estimate of drug-likeness (QED) is 0.442. The average Bonchev–Trinajstić information content (AvgIpc) is 2.66. The summed E-state index contributed by atoms with van der Waals surface area (Å²) in [5.41, 5.74) is 10.9. The van der Waals surface area contributed by atoms with Crippen molar-refractivity contribution < 1.29 is 0 Å². The van der Waals surface area contributed by atoms with Gasteiger partial charge in [-0.25, -0.2) is 0 Å². The standard InChI is InChI=1S/C4N4Si.C4H3N3Si.C3HN3Si/c1-8-9(2-5,3-6)4-7;1-7-8(2,3-5)4-6;1-6-7(2-4)3-5/h;2H3;7H. The summed E-state index contributed by atoms with van der Waals surface area (Å²) < 4.78 is 8.40. The lowest BCUT2D eigenvalue weighted by Crippen LogP contribution is -2.24. The van der Waals surface area contributed by atoms with Crippen LogP contribution >= 0.6 is 0 Å². The monoisotopic (exact) mass is 360 g/mol. The van der Waals surface area contributed by atoms with Crippen molar-refractivity contribution in [2.45, 2.75) is 6.55 Å². The fourth-order valence-corrected chi connectivity index (χ4v) is 0.935. The van der Waals surface area contributed by atoms with Crippen molar-refractivity contribution in [3.05, 3.63) is 33.2 Å². The Labute approximate surface area is 142 Å². The smallest absolute Gasteiger partial charge is 0.389 e. The topological polar surface area (TPSA) is 180 Å². The van der Waals surface area contributed by atoms with E-state index in [1.807, 2.05) is 0 Å². The maximum absolute atomic E-state index is 8.16. The Morgan fingerprint density at radius 3 is 1.08 bits per heavy atom. The van der Waals surface area contributed by atoms with Crippen LogP contribution in [-0.4, -0.2) is 25.4 Å². The summed E-state index contributed by atoms with van der Waals surface area (Å²) in [6.07, 6.45) is 0. The molecule has 0 aliphatic rings. The summed E-state index contributed by atoms with van der Waals surface area (Å²) in [4.78, 5) is 0. The van der Waals surface area contributed by atoms with Gasteiger partial charge in [0.25, 0.3) is 0 Å². The zero-order valence-electron chi connectivity index (χ0n) is 12.0. The van der Waals surface area contributed by atoms with E-state index >= 15 is 0 Å². The predicted octanol–water partition coefficient (Wildman–Crippen LogP) is 0.401. The van der Waals surface area contributed by atoms with Crippen LogP contribution in [0.15, 0.2) is 0 Å². The molecule has 0 aromatic carbocycles. The van der Waals surface area contributed by atoms with E-state index in [1.165, 1.54) is 23.6 Å². The van der Waals surface area contributed by atoms with E-state index < -0.39 is 25.4 Å². The van der Waals surface area contributed by atoms with Crippen LogP contribution in [0, 0.1) is 96.4 Å². The van der Waals surface area contributed by atoms with Gasteiger partial charge in [-0.2, -0.15) is 36.8 Å². The number of nitrogens with zero attached hydrogens (tertiary/aromatic N) is 10. The van der Waals surface area contributed by atoms with Gasteiger partial charge in [0.15, 0.2) is 17.1 Å². The molecule has 0 unspecified atom stereocenters. The molecule has 0 heterocycles. The molecule has 110 valence electrons. The lowest BCUT2D eigenvalue weighted by atomic mass is 11.7. The van der Waals surface area contributed by atoms with Crippen LogP contribution < -0.4 is 0 Å². The van der Waals surface area contributed by atoms with Gasteiger partial charge in [-0.1, -0.05) is 0 Å². The first kappa shape index (κ1) is 24.6. The Morgan fingerprint density at radius 1 is 0.708 bits per heavy atom. The Bertz CT molecular complexity index is 738. The van der Waals surface area contributed by atoms with Crippen molar-refractivity contribution in [3.8, 4) is 39.8 Å². The molecule has 0 aromatic heterocycles. The van der Waals surface area contributed by atoms with E-state index in [9.17, 15) is 0 Å². The van der Waals surface area contributed by atoms with Crippen LogP contribution in [0.1, 0.15) is 0 Å². The van der Waals surface area contributed by atoms with Gasteiger partial charge in [0.05, 0.1) is 0 Å². The van der Waals surface area contributed by atoms with Gasteiger partial charge in [0.1, 0.15) is 22.8 Å². The van der Waals surface area contributed by atoms with Crippen LogP contribution in [0.25, 0.3) is 13.5 Å². The van der Waals surface area contributed by atoms with E-state index in [4.69, 9.17) is 56.5 Å². The summed E-state index contributed by atoms with van der Waals surface area (Å²) in [5, 5.41) is 56.5. The minimum absolute atomic E-state index is 1.42. The molecule has 0 radical (unpaired) electrons. The summed E-state index contributed by atoms with van der Waals surface area (Å²) in [6.45, 7) is 20.3. The lowest BCUT2D eigenvalue weighted by molar-refractivity contribution is 1.51. The second-order valence-corrected chi connectivity index (χ2v) is 10.1. The highest BCUT2D eigenvalue weighted by molar-refractivity contribution is 7.02. The Hall–Kier alpha value is -4.45. The SMILES string of the molecule is [C-]#[N+][SiH](C#N)C#N.[C-]#[N+][Si](C#N)(C#N)C#N.[C-]#[N+][Si](C)(C#N)C#N. The minimum atomic E-state index is -3.48. The highest BCUT2D eigenvalue weighted by Gasteiger charge is 2.49. The molecule has 0 N–H and O–H groups in total. The molecule has 0 atom stereocenters. The van der Waals surface area contributed by atoms with Gasteiger partial charge in [0, 0.05) is 6.55 Å². The Morgan fingerprint density at radius 2 is 1.08 bits per heavy atom. The number of rotatable bonds is 0. The Balaban J connectivity index is -0.000000278. The molecule has 13 heteroatoms. The molecule has 0 aliphatic heterocycles. The second-order valence-electron chi connectivity index (χ2n) is 3.36. The van der Waals surface area contributed by atoms with E-state index in [2.05, 4.69) is 13.5 Å². The third-order valence-electron chi connectivity index (χ3n) is 1.69. The third kappa shape index (κ3) is 9.45. The summed E-state index contributed by atoms with van der Waals surface area (Å²) >= 11 is 0. The molecule has 0 aliphatic carbocycles.